The molecule has 0 unspecified atom stereocenters. The van der Waals surface area contributed by atoms with Gasteiger partial charge in [-0.25, -0.2) is 13.1 Å². The van der Waals surface area contributed by atoms with E-state index in [4.69, 9.17) is 0 Å². The maximum Gasteiger partial charge on any atom is 0.211 e. The molecule has 0 amide bonds. The monoisotopic (exact) mass is 254 g/mol. The molecule has 0 aliphatic carbocycles. The summed E-state index contributed by atoms with van der Waals surface area (Å²) in [6, 6.07) is 0.414. The van der Waals surface area contributed by atoms with E-state index in [2.05, 4.69) is 10.0 Å². The van der Waals surface area contributed by atoms with Crippen LogP contribution in [0.4, 0.5) is 0 Å². The molecule has 0 aromatic rings. The molecular weight excluding hydrogens is 232 g/mol. The van der Waals surface area contributed by atoms with Crippen molar-refractivity contribution in [2.45, 2.75) is 26.3 Å². The molecule has 0 saturated heterocycles. The van der Waals surface area contributed by atoms with E-state index < -0.39 is 10.0 Å². The van der Waals surface area contributed by atoms with Crippen LogP contribution in [0.2, 0.25) is 0 Å². The molecule has 4 nitrogen and oxygen atoms in total. The highest BCUT2D eigenvalue weighted by atomic mass is 32.2. The van der Waals surface area contributed by atoms with Gasteiger partial charge in [-0.15, -0.1) is 0 Å². The fourth-order valence-corrected chi connectivity index (χ4v) is 2.54. The molecule has 0 rings (SSSR count). The number of nitrogens with one attached hydrogen (secondary N) is 2. The van der Waals surface area contributed by atoms with Crippen molar-refractivity contribution in [3.05, 3.63) is 0 Å². The fourth-order valence-electron chi connectivity index (χ4n) is 1.02. The summed E-state index contributed by atoms with van der Waals surface area (Å²) in [5.74, 6) is 1.03. The third-order valence-electron chi connectivity index (χ3n) is 1.77. The topological polar surface area (TPSA) is 58.2 Å². The van der Waals surface area contributed by atoms with E-state index in [1.165, 1.54) is 0 Å². The summed E-state index contributed by atoms with van der Waals surface area (Å²) < 4.78 is 25.4. The van der Waals surface area contributed by atoms with Gasteiger partial charge in [0.25, 0.3) is 0 Å². The van der Waals surface area contributed by atoms with Crippen LogP contribution in [0.15, 0.2) is 0 Å². The van der Waals surface area contributed by atoms with Crippen molar-refractivity contribution in [3.8, 4) is 0 Å². The summed E-state index contributed by atoms with van der Waals surface area (Å²) in [6.07, 6.45) is 2.62. The Bertz CT molecular complexity index is 240. The lowest BCUT2D eigenvalue weighted by Gasteiger charge is -2.08. The summed E-state index contributed by atoms with van der Waals surface area (Å²) >= 11 is 1.64. The van der Waals surface area contributed by atoms with E-state index in [-0.39, 0.29) is 5.75 Å². The first-order valence-electron chi connectivity index (χ1n) is 5.17. The summed E-state index contributed by atoms with van der Waals surface area (Å²) in [5.41, 5.74) is 0. The Morgan fingerprint density at radius 3 is 2.47 bits per heavy atom. The van der Waals surface area contributed by atoms with Crippen molar-refractivity contribution in [1.82, 2.24) is 10.0 Å². The zero-order valence-corrected chi connectivity index (χ0v) is 11.4. The van der Waals surface area contributed by atoms with Crippen LogP contribution in [0.3, 0.4) is 0 Å². The molecule has 0 aromatic heterocycles. The van der Waals surface area contributed by atoms with Gasteiger partial charge in [-0.05, 0) is 19.2 Å². The highest BCUT2D eigenvalue weighted by Crippen LogP contribution is 1.92. The van der Waals surface area contributed by atoms with Gasteiger partial charge in [-0.2, -0.15) is 11.8 Å². The van der Waals surface area contributed by atoms with Crippen molar-refractivity contribution < 1.29 is 8.42 Å². The number of hydrogen-bond acceptors (Lipinski definition) is 4. The number of hydrogen-bond donors (Lipinski definition) is 2. The minimum absolute atomic E-state index is 0.209. The van der Waals surface area contributed by atoms with Gasteiger partial charge in [-0.1, -0.05) is 13.8 Å². The summed E-state index contributed by atoms with van der Waals surface area (Å²) in [4.78, 5) is 0. The van der Waals surface area contributed by atoms with Crippen LogP contribution in [-0.2, 0) is 10.0 Å². The molecule has 0 heterocycles. The van der Waals surface area contributed by atoms with E-state index in [1.54, 1.807) is 11.8 Å². The number of thioether (sulfide) groups is 1. The van der Waals surface area contributed by atoms with E-state index in [0.717, 1.165) is 12.3 Å². The van der Waals surface area contributed by atoms with E-state index in [1.807, 2.05) is 20.1 Å². The smallest absolute Gasteiger partial charge is 0.211 e. The SMILES string of the molecule is CSCCNS(=O)(=O)CCCNC(C)C. The van der Waals surface area contributed by atoms with Crippen LogP contribution < -0.4 is 10.0 Å². The normalized spacial score (nSPS) is 12.3. The maximum atomic E-state index is 11.4. The van der Waals surface area contributed by atoms with Gasteiger partial charge >= 0.3 is 0 Å². The molecular formula is C9H22N2O2S2. The first-order valence-corrected chi connectivity index (χ1v) is 8.22. The maximum absolute atomic E-state index is 11.4. The molecule has 0 spiro atoms. The lowest BCUT2D eigenvalue weighted by molar-refractivity contribution is 0.562. The van der Waals surface area contributed by atoms with Crippen molar-refractivity contribution in [3.63, 3.8) is 0 Å². The Kier molecular flexibility index (Phi) is 8.50. The molecule has 0 radical (unpaired) electrons. The lowest BCUT2D eigenvalue weighted by atomic mass is 10.4. The Morgan fingerprint density at radius 2 is 1.93 bits per heavy atom. The van der Waals surface area contributed by atoms with Gasteiger partial charge in [0.2, 0.25) is 10.0 Å². The Morgan fingerprint density at radius 1 is 1.27 bits per heavy atom. The molecule has 0 bridgehead atoms. The number of rotatable bonds is 9. The van der Waals surface area contributed by atoms with Crippen molar-refractivity contribution >= 4 is 21.8 Å². The molecule has 92 valence electrons. The summed E-state index contributed by atoms with van der Waals surface area (Å²) in [6.45, 7) is 5.37. The van der Waals surface area contributed by atoms with Crippen molar-refractivity contribution in [1.29, 1.82) is 0 Å². The zero-order chi connectivity index (χ0) is 11.7. The lowest BCUT2D eigenvalue weighted by Crippen LogP contribution is -2.31. The molecule has 6 heteroatoms. The van der Waals surface area contributed by atoms with E-state index in [0.29, 0.717) is 19.0 Å². The predicted molar refractivity (Wildman–Crippen MR) is 67.9 cm³/mol. The second-order valence-corrected chi connectivity index (χ2v) is 6.58. The second-order valence-electron chi connectivity index (χ2n) is 3.67. The third-order valence-corrected chi connectivity index (χ3v) is 3.85. The van der Waals surface area contributed by atoms with Crippen molar-refractivity contribution in [2.75, 3.05) is 30.9 Å². The molecule has 0 saturated carbocycles. The predicted octanol–water partition coefficient (Wildman–Crippen LogP) is 0.657. The van der Waals surface area contributed by atoms with Crippen LogP contribution in [-0.4, -0.2) is 45.3 Å². The summed E-state index contributed by atoms with van der Waals surface area (Å²) in [7, 11) is -3.06. The Labute approximate surface area is 97.6 Å². The standard InChI is InChI=1S/C9H22N2O2S2/c1-9(2)10-5-4-8-15(12,13)11-6-7-14-3/h9-11H,4-8H2,1-3H3. The Balaban J connectivity index is 3.56. The van der Waals surface area contributed by atoms with Gasteiger partial charge in [0.1, 0.15) is 0 Å². The highest BCUT2D eigenvalue weighted by Gasteiger charge is 2.08. The van der Waals surface area contributed by atoms with Crippen LogP contribution in [0.25, 0.3) is 0 Å². The zero-order valence-electron chi connectivity index (χ0n) is 9.75. The van der Waals surface area contributed by atoms with Gasteiger partial charge < -0.3 is 5.32 Å². The average Bonchev–Trinajstić information content (AvgIpc) is 2.13. The van der Waals surface area contributed by atoms with E-state index in [9.17, 15) is 8.42 Å². The Hall–Kier alpha value is 0.220. The quantitative estimate of drug-likeness (QED) is 0.593. The van der Waals surface area contributed by atoms with Crippen LogP contribution in [0, 0.1) is 0 Å². The van der Waals surface area contributed by atoms with E-state index >= 15 is 0 Å². The van der Waals surface area contributed by atoms with Gasteiger partial charge in [0, 0.05) is 18.3 Å². The molecule has 15 heavy (non-hydrogen) atoms. The van der Waals surface area contributed by atoms with Gasteiger partial charge in [0.05, 0.1) is 5.75 Å². The molecule has 0 aliphatic heterocycles. The highest BCUT2D eigenvalue weighted by molar-refractivity contribution is 7.98. The minimum Gasteiger partial charge on any atom is -0.314 e. The molecule has 0 fully saturated rings. The molecule has 0 atom stereocenters. The second kappa shape index (κ2) is 8.38. The van der Waals surface area contributed by atoms with Crippen LogP contribution >= 0.6 is 11.8 Å². The van der Waals surface area contributed by atoms with Crippen LogP contribution in [0.5, 0.6) is 0 Å². The van der Waals surface area contributed by atoms with Crippen LogP contribution in [0.1, 0.15) is 20.3 Å². The largest absolute Gasteiger partial charge is 0.314 e. The molecule has 0 aliphatic rings. The van der Waals surface area contributed by atoms with Crippen molar-refractivity contribution in [2.24, 2.45) is 0 Å². The third kappa shape index (κ3) is 10.5. The number of sulfonamides is 1. The average molecular weight is 254 g/mol. The van der Waals surface area contributed by atoms with Gasteiger partial charge in [0.15, 0.2) is 0 Å². The minimum atomic E-state index is -3.06. The summed E-state index contributed by atoms with van der Waals surface area (Å²) in [5, 5.41) is 3.19. The van der Waals surface area contributed by atoms with Gasteiger partial charge in [-0.3, -0.25) is 0 Å². The molecule has 0 aromatic carbocycles. The fraction of sp³-hybridized carbons (Fsp3) is 1.00. The first-order chi connectivity index (χ1) is 6.98. The first kappa shape index (κ1) is 15.2. The molecule has 2 N–H and O–H groups in total.